The summed E-state index contributed by atoms with van der Waals surface area (Å²) in [5.41, 5.74) is 0.847. The normalized spacial score (nSPS) is 12.2. The average molecular weight is 445 g/mol. The molecule has 18 heavy (non-hydrogen) atoms. The zero-order valence-corrected chi connectivity index (χ0v) is 15.4. The first kappa shape index (κ1) is 16.6. The highest BCUT2D eigenvalue weighted by Crippen LogP contribution is 2.36. The molecule has 0 radical (unpaired) electrons. The van der Waals surface area contributed by atoms with Gasteiger partial charge in [-0.25, -0.2) is 4.39 Å². The summed E-state index contributed by atoms with van der Waals surface area (Å²) in [5, 5.41) is 1.74. The first-order valence-corrected chi connectivity index (χ1v) is 9.02. The number of hydrogen-bond donors (Lipinski definition) is 0. The van der Waals surface area contributed by atoms with E-state index in [4.69, 9.17) is 0 Å². The Morgan fingerprint density at radius 2 is 1.83 bits per heavy atom. The molecule has 1 aromatic carbocycles. The van der Waals surface area contributed by atoms with E-state index in [0.717, 1.165) is 33.5 Å². The van der Waals surface area contributed by atoms with E-state index in [9.17, 15) is 4.39 Å². The number of benzene rings is 1. The van der Waals surface area contributed by atoms with Crippen molar-refractivity contribution in [3.8, 4) is 0 Å². The minimum Gasteiger partial charge on any atom is -0.207 e. The molecular weight excluding hydrogens is 427 g/mol. The molecule has 1 rings (SSSR count). The van der Waals surface area contributed by atoms with Gasteiger partial charge in [0, 0.05) is 15.1 Å². The fourth-order valence-corrected chi connectivity index (χ4v) is 4.45. The van der Waals surface area contributed by atoms with E-state index in [0.29, 0.717) is 5.92 Å². The topological polar surface area (TPSA) is 0 Å². The van der Waals surface area contributed by atoms with Crippen LogP contribution < -0.4 is 0 Å². The Morgan fingerprint density at radius 3 is 2.33 bits per heavy atom. The highest BCUT2D eigenvalue weighted by molar-refractivity contribution is 9.10. The summed E-state index contributed by atoms with van der Waals surface area (Å²) in [5.74, 6) is 0.476. The molecule has 0 aliphatic rings. The summed E-state index contributed by atoms with van der Waals surface area (Å²) >= 11 is 10.6. The monoisotopic (exact) mass is 442 g/mol. The van der Waals surface area contributed by atoms with Crippen molar-refractivity contribution in [3.05, 3.63) is 34.1 Å². The second kappa shape index (κ2) is 7.39. The van der Waals surface area contributed by atoms with Gasteiger partial charge in [0.25, 0.3) is 0 Å². The molecule has 0 spiro atoms. The Bertz CT molecular complexity index is 387. The van der Waals surface area contributed by atoms with Crippen molar-refractivity contribution >= 4 is 47.8 Å². The molecule has 0 heterocycles. The molecule has 0 bridgehead atoms. The Balaban J connectivity index is 2.98. The van der Waals surface area contributed by atoms with Crippen LogP contribution in [0, 0.1) is 17.2 Å². The van der Waals surface area contributed by atoms with Gasteiger partial charge in [0.2, 0.25) is 0 Å². The van der Waals surface area contributed by atoms with Gasteiger partial charge in [-0.1, -0.05) is 61.6 Å². The molecule has 0 saturated heterocycles. The van der Waals surface area contributed by atoms with Crippen LogP contribution >= 0.6 is 47.8 Å². The van der Waals surface area contributed by atoms with E-state index in [1.807, 2.05) is 6.07 Å². The van der Waals surface area contributed by atoms with E-state index in [1.54, 1.807) is 6.07 Å². The van der Waals surface area contributed by atoms with Gasteiger partial charge in [-0.15, -0.1) is 0 Å². The van der Waals surface area contributed by atoms with Crippen LogP contribution in [0.2, 0.25) is 0 Å². The van der Waals surface area contributed by atoms with Crippen molar-refractivity contribution in [1.82, 2.24) is 0 Å². The van der Waals surface area contributed by atoms with Crippen LogP contribution in [0.15, 0.2) is 22.7 Å². The standard InChI is InChI=1S/C14H18Br3F/c1-10(2)6-14(8-15,9-16)7-11-5-12(17)3-4-13(11)18/h3-5,10H,6-9H2,1-2H3. The van der Waals surface area contributed by atoms with Crippen LogP contribution in [0.3, 0.4) is 0 Å². The molecule has 0 amide bonds. The molecule has 0 aliphatic carbocycles. The van der Waals surface area contributed by atoms with Gasteiger partial charge in [0.1, 0.15) is 5.82 Å². The minimum absolute atomic E-state index is 0.0653. The molecule has 0 aliphatic heterocycles. The fraction of sp³-hybridized carbons (Fsp3) is 0.571. The average Bonchev–Trinajstić information content (AvgIpc) is 2.32. The molecule has 0 atom stereocenters. The summed E-state index contributed by atoms with van der Waals surface area (Å²) in [6.45, 7) is 4.41. The number of rotatable bonds is 6. The van der Waals surface area contributed by atoms with Gasteiger partial charge in [-0.3, -0.25) is 0 Å². The van der Waals surface area contributed by atoms with E-state index in [2.05, 4.69) is 61.6 Å². The van der Waals surface area contributed by atoms with Gasteiger partial charge >= 0.3 is 0 Å². The first-order chi connectivity index (χ1) is 8.42. The van der Waals surface area contributed by atoms with Crippen molar-refractivity contribution in [2.45, 2.75) is 26.7 Å². The van der Waals surface area contributed by atoms with Crippen molar-refractivity contribution in [1.29, 1.82) is 0 Å². The van der Waals surface area contributed by atoms with Gasteiger partial charge in [0.05, 0.1) is 0 Å². The molecule has 102 valence electrons. The highest BCUT2D eigenvalue weighted by Gasteiger charge is 2.30. The van der Waals surface area contributed by atoms with Crippen LogP contribution in [-0.4, -0.2) is 10.7 Å². The van der Waals surface area contributed by atoms with Crippen LogP contribution in [0.1, 0.15) is 25.8 Å². The van der Waals surface area contributed by atoms with Crippen molar-refractivity contribution in [2.75, 3.05) is 10.7 Å². The molecule has 1 aromatic rings. The summed E-state index contributed by atoms with van der Waals surface area (Å²) in [6, 6.07) is 5.16. The van der Waals surface area contributed by atoms with Crippen molar-refractivity contribution in [2.24, 2.45) is 11.3 Å². The molecule has 0 unspecified atom stereocenters. The lowest BCUT2D eigenvalue weighted by Crippen LogP contribution is -2.30. The van der Waals surface area contributed by atoms with Crippen LogP contribution in [0.4, 0.5) is 4.39 Å². The van der Waals surface area contributed by atoms with Gasteiger partial charge in [-0.05, 0) is 47.9 Å². The van der Waals surface area contributed by atoms with Crippen molar-refractivity contribution < 1.29 is 4.39 Å². The Hall–Kier alpha value is 0.590. The Morgan fingerprint density at radius 1 is 1.22 bits per heavy atom. The lowest BCUT2D eigenvalue weighted by Gasteiger charge is -2.32. The lowest BCUT2D eigenvalue weighted by molar-refractivity contribution is 0.301. The number of halogens is 4. The summed E-state index contributed by atoms with van der Waals surface area (Å²) in [6.07, 6.45) is 1.81. The quantitative estimate of drug-likeness (QED) is 0.475. The molecular formula is C14H18Br3F. The van der Waals surface area contributed by atoms with Crippen LogP contribution in [0.5, 0.6) is 0 Å². The fourth-order valence-electron chi connectivity index (χ4n) is 2.26. The first-order valence-electron chi connectivity index (χ1n) is 5.98. The summed E-state index contributed by atoms with van der Waals surface area (Å²) in [7, 11) is 0. The second-order valence-corrected chi connectivity index (χ2v) is 7.31. The van der Waals surface area contributed by atoms with Crippen molar-refractivity contribution in [3.63, 3.8) is 0 Å². The molecule has 0 N–H and O–H groups in total. The predicted octanol–water partition coefficient (Wildman–Crippen LogP) is 5.95. The zero-order chi connectivity index (χ0) is 13.8. The second-order valence-electron chi connectivity index (χ2n) is 5.28. The maximum atomic E-state index is 13.9. The SMILES string of the molecule is CC(C)CC(CBr)(CBr)Cc1cc(Br)ccc1F. The third-order valence-electron chi connectivity index (χ3n) is 2.98. The largest absolute Gasteiger partial charge is 0.207 e. The number of hydrogen-bond acceptors (Lipinski definition) is 0. The van der Waals surface area contributed by atoms with Gasteiger partial charge in [-0.2, -0.15) is 0 Å². The van der Waals surface area contributed by atoms with E-state index >= 15 is 0 Å². The minimum atomic E-state index is -0.117. The van der Waals surface area contributed by atoms with Crippen LogP contribution in [-0.2, 0) is 6.42 Å². The molecule has 0 aromatic heterocycles. The van der Waals surface area contributed by atoms with Crippen LogP contribution in [0.25, 0.3) is 0 Å². The summed E-state index contributed by atoms with van der Waals surface area (Å²) < 4.78 is 14.8. The Labute approximate surface area is 134 Å². The summed E-state index contributed by atoms with van der Waals surface area (Å²) in [4.78, 5) is 0. The van der Waals surface area contributed by atoms with E-state index in [-0.39, 0.29) is 11.2 Å². The smallest absolute Gasteiger partial charge is 0.126 e. The van der Waals surface area contributed by atoms with E-state index in [1.165, 1.54) is 6.07 Å². The van der Waals surface area contributed by atoms with E-state index < -0.39 is 0 Å². The molecule has 0 fully saturated rings. The molecule has 0 saturated carbocycles. The van der Waals surface area contributed by atoms with Gasteiger partial charge in [0.15, 0.2) is 0 Å². The predicted molar refractivity (Wildman–Crippen MR) is 87.3 cm³/mol. The third kappa shape index (κ3) is 4.61. The third-order valence-corrected chi connectivity index (χ3v) is 5.85. The molecule has 0 nitrogen and oxygen atoms in total. The lowest BCUT2D eigenvalue weighted by atomic mass is 9.79. The highest BCUT2D eigenvalue weighted by atomic mass is 79.9. The zero-order valence-electron chi connectivity index (χ0n) is 10.6. The number of alkyl halides is 2. The maximum Gasteiger partial charge on any atom is 0.126 e. The maximum absolute atomic E-state index is 13.9. The van der Waals surface area contributed by atoms with Gasteiger partial charge < -0.3 is 0 Å². The molecule has 4 heteroatoms. The Kier molecular flexibility index (Phi) is 6.84.